The fourth-order valence-corrected chi connectivity index (χ4v) is 3.80. The van der Waals surface area contributed by atoms with Crippen LogP contribution < -0.4 is 0 Å². The number of aliphatic hydroxyl groups is 5. The van der Waals surface area contributed by atoms with Crippen LogP contribution in [0.2, 0.25) is 0 Å². The van der Waals surface area contributed by atoms with Gasteiger partial charge in [-0.05, 0) is 18.8 Å². The van der Waals surface area contributed by atoms with Crippen LogP contribution in [0.5, 0.6) is 0 Å². The summed E-state index contributed by atoms with van der Waals surface area (Å²) < 4.78 is 4.99. The molecule has 33 heavy (non-hydrogen) atoms. The van der Waals surface area contributed by atoms with E-state index in [0.717, 1.165) is 25.2 Å². The number of carbonyl (C=O) groups excluding carboxylic acids is 1. The molecule has 0 aromatic heterocycles. The highest BCUT2D eigenvalue weighted by Crippen LogP contribution is 2.21. The van der Waals surface area contributed by atoms with Crippen molar-refractivity contribution in [2.24, 2.45) is 11.3 Å². The SMILES string of the molecule is CC(C)CCCCCCCCCCCCCCCC(O)(CO)C(=O)OCC(CO)(CO)CO. The molecule has 7 nitrogen and oxygen atoms in total. The van der Waals surface area contributed by atoms with Crippen LogP contribution in [-0.2, 0) is 9.53 Å². The number of unbranched alkanes of at least 4 members (excludes halogenated alkanes) is 12. The lowest BCUT2D eigenvalue weighted by atomic mass is 9.92. The molecular formula is C26H52O7. The fourth-order valence-electron chi connectivity index (χ4n) is 3.80. The molecule has 1 unspecified atom stereocenters. The monoisotopic (exact) mass is 476 g/mol. The van der Waals surface area contributed by atoms with Crippen molar-refractivity contribution in [3.8, 4) is 0 Å². The van der Waals surface area contributed by atoms with Crippen molar-refractivity contribution >= 4 is 5.97 Å². The predicted molar refractivity (Wildman–Crippen MR) is 131 cm³/mol. The van der Waals surface area contributed by atoms with Crippen LogP contribution in [0.1, 0.15) is 110 Å². The molecule has 0 saturated heterocycles. The maximum Gasteiger partial charge on any atom is 0.340 e. The van der Waals surface area contributed by atoms with Crippen LogP contribution in [-0.4, -0.2) is 70.1 Å². The molecule has 0 amide bonds. The summed E-state index contributed by atoms with van der Waals surface area (Å²) in [6.07, 6.45) is 16.9. The lowest BCUT2D eigenvalue weighted by Crippen LogP contribution is -2.47. The minimum absolute atomic E-state index is 0.0872. The molecule has 5 N–H and O–H groups in total. The summed E-state index contributed by atoms with van der Waals surface area (Å²) in [4.78, 5) is 12.2. The topological polar surface area (TPSA) is 127 Å². The van der Waals surface area contributed by atoms with Gasteiger partial charge >= 0.3 is 5.97 Å². The summed E-state index contributed by atoms with van der Waals surface area (Å²) in [7, 11) is 0. The number of carbonyl (C=O) groups is 1. The fraction of sp³-hybridized carbons (Fsp3) is 0.962. The van der Waals surface area contributed by atoms with Gasteiger partial charge in [0.15, 0.2) is 5.60 Å². The van der Waals surface area contributed by atoms with Gasteiger partial charge < -0.3 is 30.3 Å². The molecule has 0 aliphatic heterocycles. The Morgan fingerprint density at radius 1 is 0.667 bits per heavy atom. The van der Waals surface area contributed by atoms with Crippen LogP contribution in [0.25, 0.3) is 0 Å². The van der Waals surface area contributed by atoms with E-state index in [2.05, 4.69) is 13.8 Å². The van der Waals surface area contributed by atoms with Gasteiger partial charge in [0, 0.05) is 0 Å². The molecule has 198 valence electrons. The Balaban J connectivity index is 3.79. The van der Waals surface area contributed by atoms with Gasteiger partial charge in [0.25, 0.3) is 0 Å². The van der Waals surface area contributed by atoms with Gasteiger partial charge in [-0.1, -0.05) is 97.3 Å². The Labute approximate surface area is 201 Å². The molecule has 1 atom stereocenters. The molecule has 0 spiro atoms. The van der Waals surface area contributed by atoms with E-state index in [0.29, 0.717) is 6.42 Å². The number of ether oxygens (including phenoxy) is 1. The molecule has 0 aliphatic carbocycles. The Morgan fingerprint density at radius 2 is 1.06 bits per heavy atom. The first-order chi connectivity index (χ1) is 15.8. The zero-order valence-corrected chi connectivity index (χ0v) is 21.3. The zero-order chi connectivity index (χ0) is 25.0. The van der Waals surface area contributed by atoms with Crippen LogP contribution in [0.15, 0.2) is 0 Å². The molecule has 7 heteroatoms. The average molecular weight is 477 g/mol. The molecule has 0 aliphatic rings. The summed E-state index contributed by atoms with van der Waals surface area (Å²) in [6.45, 7) is 1.69. The van der Waals surface area contributed by atoms with Crippen molar-refractivity contribution in [1.29, 1.82) is 0 Å². The average Bonchev–Trinajstić information content (AvgIpc) is 2.82. The highest BCUT2D eigenvalue weighted by Gasteiger charge is 2.39. The van der Waals surface area contributed by atoms with E-state index in [-0.39, 0.29) is 6.42 Å². The standard InChI is InChI=1S/C26H52O7/c1-23(2)16-14-12-10-8-6-4-3-5-7-9-11-13-15-17-26(32,21-30)24(31)33-22-25(18-27,19-28)20-29/h23,27-30,32H,3-22H2,1-2H3. The Bertz CT molecular complexity index is 457. The second-order valence-electron chi connectivity index (χ2n) is 10.3. The van der Waals surface area contributed by atoms with Crippen molar-refractivity contribution < 1.29 is 35.1 Å². The van der Waals surface area contributed by atoms with Gasteiger partial charge in [0.2, 0.25) is 0 Å². The Morgan fingerprint density at radius 3 is 1.42 bits per heavy atom. The predicted octanol–water partition coefficient (Wildman–Crippen LogP) is 3.72. The van der Waals surface area contributed by atoms with Gasteiger partial charge in [-0.3, -0.25) is 0 Å². The van der Waals surface area contributed by atoms with Crippen molar-refractivity contribution in [2.75, 3.05) is 33.0 Å². The van der Waals surface area contributed by atoms with Crippen molar-refractivity contribution in [1.82, 2.24) is 0 Å². The lowest BCUT2D eigenvalue weighted by molar-refractivity contribution is -0.177. The first kappa shape index (κ1) is 32.3. The maximum atomic E-state index is 12.2. The van der Waals surface area contributed by atoms with Crippen molar-refractivity contribution in [3.63, 3.8) is 0 Å². The van der Waals surface area contributed by atoms with Crippen LogP contribution in [0.4, 0.5) is 0 Å². The second kappa shape index (κ2) is 19.6. The van der Waals surface area contributed by atoms with Crippen LogP contribution in [0, 0.1) is 11.3 Å². The largest absolute Gasteiger partial charge is 0.463 e. The van der Waals surface area contributed by atoms with E-state index in [1.807, 2.05) is 0 Å². The normalized spacial score (nSPS) is 13.9. The third-order valence-corrected chi connectivity index (χ3v) is 6.53. The van der Waals surface area contributed by atoms with Crippen molar-refractivity contribution in [2.45, 2.75) is 116 Å². The van der Waals surface area contributed by atoms with Gasteiger partial charge in [-0.15, -0.1) is 0 Å². The first-order valence-corrected chi connectivity index (χ1v) is 13.1. The number of hydrogen-bond acceptors (Lipinski definition) is 7. The highest BCUT2D eigenvalue weighted by atomic mass is 16.6. The molecular weight excluding hydrogens is 424 g/mol. The Kier molecular flexibility index (Phi) is 19.1. The molecule has 0 bridgehead atoms. The third-order valence-electron chi connectivity index (χ3n) is 6.53. The lowest BCUT2D eigenvalue weighted by Gasteiger charge is -2.29. The zero-order valence-electron chi connectivity index (χ0n) is 21.3. The molecule has 0 heterocycles. The van der Waals surface area contributed by atoms with Crippen LogP contribution in [0.3, 0.4) is 0 Å². The quantitative estimate of drug-likeness (QED) is 0.112. The minimum atomic E-state index is -2.00. The first-order valence-electron chi connectivity index (χ1n) is 13.1. The third kappa shape index (κ3) is 15.0. The van der Waals surface area contributed by atoms with E-state index < -0.39 is 50.0 Å². The van der Waals surface area contributed by atoms with Crippen molar-refractivity contribution in [3.05, 3.63) is 0 Å². The second-order valence-corrected chi connectivity index (χ2v) is 10.3. The molecule has 0 aromatic rings. The Hall–Kier alpha value is -0.730. The summed E-state index contributed by atoms with van der Waals surface area (Å²) in [5.41, 5.74) is -3.36. The summed E-state index contributed by atoms with van der Waals surface area (Å²) in [5, 5.41) is 47.7. The van der Waals surface area contributed by atoms with E-state index in [1.54, 1.807) is 0 Å². The van der Waals surface area contributed by atoms with Gasteiger partial charge in [-0.25, -0.2) is 4.79 Å². The van der Waals surface area contributed by atoms with E-state index in [1.165, 1.54) is 64.2 Å². The molecule has 0 fully saturated rings. The van der Waals surface area contributed by atoms with E-state index in [9.17, 15) is 30.3 Å². The highest BCUT2D eigenvalue weighted by molar-refractivity contribution is 5.79. The summed E-state index contributed by atoms with van der Waals surface area (Å²) >= 11 is 0. The minimum Gasteiger partial charge on any atom is -0.463 e. The molecule has 0 rings (SSSR count). The van der Waals surface area contributed by atoms with Gasteiger partial charge in [-0.2, -0.15) is 0 Å². The van der Waals surface area contributed by atoms with E-state index >= 15 is 0 Å². The summed E-state index contributed by atoms with van der Waals surface area (Å²) in [6, 6.07) is 0. The smallest absolute Gasteiger partial charge is 0.340 e. The molecule has 0 aromatic carbocycles. The van der Waals surface area contributed by atoms with Gasteiger partial charge in [0.05, 0.1) is 31.8 Å². The molecule has 0 radical (unpaired) electrons. The number of hydrogen-bond donors (Lipinski definition) is 5. The number of rotatable bonds is 23. The maximum absolute atomic E-state index is 12.2. The number of aliphatic hydroxyl groups excluding tert-OH is 4. The van der Waals surface area contributed by atoms with Crippen LogP contribution >= 0.6 is 0 Å². The van der Waals surface area contributed by atoms with E-state index in [4.69, 9.17) is 4.74 Å². The number of esters is 1. The van der Waals surface area contributed by atoms with Gasteiger partial charge in [0.1, 0.15) is 6.61 Å². The molecule has 0 saturated carbocycles. The summed E-state index contributed by atoms with van der Waals surface area (Å²) in [5.74, 6) is -0.171.